The summed E-state index contributed by atoms with van der Waals surface area (Å²) in [6, 6.07) is 0.119. The smallest absolute Gasteiger partial charge is 0.305 e. The van der Waals surface area contributed by atoms with E-state index in [-0.39, 0.29) is 30.0 Å². The highest BCUT2D eigenvalue weighted by atomic mass is 16.4. The van der Waals surface area contributed by atoms with Gasteiger partial charge in [-0.25, -0.2) is 0 Å². The second kappa shape index (κ2) is 5.33. The molecule has 1 saturated heterocycles. The second-order valence-electron chi connectivity index (χ2n) is 6.03. The average Bonchev–Trinajstić information content (AvgIpc) is 2.11. The SMILES string of the molecule is CC(C)(C)C(CCO)NC1(CC(=O)O)CNC1. The number of aliphatic hydroxyl groups excluding tert-OH is 1. The molecule has 17 heavy (non-hydrogen) atoms. The standard InChI is InChI=1S/C12H24N2O3/c1-11(2,3)9(4-5-15)14-12(6-10(16)17)7-13-8-12/h9,13-15H,4-8H2,1-3H3,(H,16,17). The second-order valence-corrected chi connectivity index (χ2v) is 6.03. The summed E-state index contributed by atoms with van der Waals surface area (Å²) >= 11 is 0. The zero-order valence-corrected chi connectivity index (χ0v) is 10.9. The van der Waals surface area contributed by atoms with E-state index in [0.717, 1.165) is 0 Å². The quantitative estimate of drug-likeness (QED) is 0.536. The Hall–Kier alpha value is -0.650. The van der Waals surface area contributed by atoms with Gasteiger partial charge < -0.3 is 20.8 Å². The fourth-order valence-electron chi connectivity index (χ4n) is 2.21. The van der Waals surface area contributed by atoms with Crippen molar-refractivity contribution < 1.29 is 15.0 Å². The predicted octanol–water partition coefficient (Wildman–Crippen LogP) is 0.190. The normalized spacial score (nSPS) is 20.7. The van der Waals surface area contributed by atoms with Gasteiger partial charge in [0, 0.05) is 25.7 Å². The van der Waals surface area contributed by atoms with E-state index in [4.69, 9.17) is 10.2 Å². The number of carboxylic acid groups (broad SMARTS) is 1. The van der Waals surface area contributed by atoms with Crippen LogP contribution in [0.1, 0.15) is 33.6 Å². The Kier molecular flexibility index (Phi) is 4.52. The van der Waals surface area contributed by atoms with Crippen molar-refractivity contribution in [3.8, 4) is 0 Å². The Bertz CT molecular complexity index is 269. The highest BCUT2D eigenvalue weighted by Crippen LogP contribution is 2.26. The van der Waals surface area contributed by atoms with Crippen LogP contribution in [-0.2, 0) is 4.79 Å². The third-order valence-electron chi connectivity index (χ3n) is 3.36. The van der Waals surface area contributed by atoms with Crippen LogP contribution in [0.5, 0.6) is 0 Å². The summed E-state index contributed by atoms with van der Waals surface area (Å²) in [5.74, 6) is -0.782. The van der Waals surface area contributed by atoms with Crippen LogP contribution in [0.15, 0.2) is 0 Å². The molecule has 5 heteroatoms. The molecule has 0 bridgehead atoms. The zero-order chi connectivity index (χ0) is 13.1. The molecule has 1 aliphatic heterocycles. The molecule has 0 aromatic heterocycles. The molecule has 0 radical (unpaired) electrons. The van der Waals surface area contributed by atoms with Crippen molar-refractivity contribution in [2.24, 2.45) is 5.41 Å². The van der Waals surface area contributed by atoms with Crippen molar-refractivity contribution in [3.05, 3.63) is 0 Å². The first kappa shape index (κ1) is 14.4. The maximum atomic E-state index is 10.9. The van der Waals surface area contributed by atoms with Crippen molar-refractivity contribution in [2.75, 3.05) is 19.7 Å². The molecule has 1 aliphatic rings. The Morgan fingerprint density at radius 1 is 1.47 bits per heavy atom. The Morgan fingerprint density at radius 3 is 2.35 bits per heavy atom. The van der Waals surface area contributed by atoms with E-state index < -0.39 is 5.97 Å². The molecule has 1 rings (SSSR count). The molecule has 0 spiro atoms. The topological polar surface area (TPSA) is 81.6 Å². The maximum absolute atomic E-state index is 10.9. The zero-order valence-electron chi connectivity index (χ0n) is 10.9. The first-order chi connectivity index (χ1) is 7.79. The van der Waals surface area contributed by atoms with Crippen LogP contribution in [0.4, 0.5) is 0 Å². The highest BCUT2D eigenvalue weighted by Gasteiger charge is 2.42. The third-order valence-corrected chi connectivity index (χ3v) is 3.36. The van der Waals surface area contributed by atoms with Gasteiger partial charge in [-0.1, -0.05) is 20.8 Å². The molecule has 100 valence electrons. The third kappa shape index (κ3) is 3.94. The number of aliphatic hydroxyl groups is 1. The lowest BCUT2D eigenvalue weighted by atomic mass is 9.80. The summed E-state index contributed by atoms with van der Waals surface area (Å²) in [5.41, 5.74) is -0.344. The van der Waals surface area contributed by atoms with Crippen LogP contribution in [0.2, 0.25) is 0 Å². The van der Waals surface area contributed by atoms with Gasteiger partial charge in [-0.05, 0) is 11.8 Å². The van der Waals surface area contributed by atoms with Gasteiger partial charge in [0.05, 0.1) is 12.0 Å². The van der Waals surface area contributed by atoms with Crippen LogP contribution in [-0.4, -0.2) is 47.5 Å². The first-order valence-electron chi connectivity index (χ1n) is 6.10. The minimum absolute atomic E-state index is 0.00379. The molecule has 0 aromatic carbocycles. The maximum Gasteiger partial charge on any atom is 0.305 e. The Balaban J connectivity index is 2.67. The van der Waals surface area contributed by atoms with Crippen LogP contribution >= 0.6 is 0 Å². The van der Waals surface area contributed by atoms with Gasteiger partial charge in [-0.15, -0.1) is 0 Å². The molecular formula is C12H24N2O3. The fraction of sp³-hybridized carbons (Fsp3) is 0.917. The molecule has 1 atom stereocenters. The van der Waals surface area contributed by atoms with Gasteiger partial charge in [0.25, 0.3) is 0 Å². The van der Waals surface area contributed by atoms with Crippen molar-refractivity contribution in [3.63, 3.8) is 0 Å². The number of aliphatic carboxylic acids is 1. The predicted molar refractivity (Wildman–Crippen MR) is 65.9 cm³/mol. The van der Waals surface area contributed by atoms with Crippen molar-refractivity contribution in [1.82, 2.24) is 10.6 Å². The molecule has 0 aliphatic carbocycles. The van der Waals surface area contributed by atoms with Crippen molar-refractivity contribution >= 4 is 5.97 Å². The number of carbonyl (C=O) groups is 1. The van der Waals surface area contributed by atoms with E-state index in [9.17, 15) is 4.79 Å². The fourth-order valence-corrected chi connectivity index (χ4v) is 2.21. The lowest BCUT2D eigenvalue weighted by molar-refractivity contribution is -0.139. The number of hydrogen-bond acceptors (Lipinski definition) is 4. The van der Waals surface area contributed by atoms with Crippen LogP contribution in [0.3, 0.4) is 0 Å². The Morgan fingerprint density at radius 2 is 2.06 bits per heavy atom. The minimum Gasteiger partial charge on any atom is -0.481 e. The molecule has 1 fully saturated rings. The van der Waals surface area contributed by atoms with Crippen LogP contribution in [0.25, 0.3) is 0 Å². The molecule has 0 amide bonds. The molecular weight excluding hydrogens is 220 g/mol. The molecule has 1 heterocycles. The molecule has 1 unspecified atom stereocenters. The molecule has 5 nitrogen and oxygen atoms in total. The van der Waals surface area contributed by atoms with E-state index in [1.54, 1.807) is 0 Å². The number of hydrogen-bond donors (Lipinski definition) is 4. The Labute approximate surface area is 103 Å². The monoisotopic (exact) mass is 244 g/mol. The van der Waals surface area contributed by atoms with E-state index >= 15 is 0 Å². The molecule has 4 N–H and O–H groups in total. The average molecular weight is 244 g/mol. The number of rotatable bonds is 6. The summed E-state index contributed by atoms with van der Waals surface area (Å²) < 4.78 is 0. The largest absolute Gasteiger partial charge is 0.481 e. The van der Waals surface area contributed by atoms with Gasteiger partial charge in [0.2, 0.25) is 0 Å². The van der Waals surface area contributed by atoms with E-state index in [1.807, 2.05) is 0 Å². The lowest BCUT2D eigenvalue weighted by Gasteiger charge is -2.47. The van der Waals surface area contributed by atoms with E-state index in [2.05, 4.69) is 31.4 Å². The summed E-state index contributed by atoms with van der Waals surface area (Å²) in [4.78, 5) is 10.9. The summed E-state index contributed by atoms with van der Waals surface area (Å²) in [5, 5.41) is 24.6. The summed E-state index contributed by atoms with van der Waals surface area (Å²) in [7, 11) is 0. The molecule has 0 saturated carbocycles. The lowest BCUT2D eigenvalue weighted by Crippen LogP contribution is -2.71. The summed E-state index contributed by atoms with van der Waals surface area (Å²) in [6.45, 7) is 7.77. The number of carboxylic acids is 1. The van der Waals surface area contributed by atoms with Crippen LogP contribution in [0, 0.1) is 5.41 Å². The summed E-state index contributed by atoms with van der Waals surface area (Å²) in [6.07, 6.45) is 0.767. The van der Waals surface area contributed by atoms with Crippen LogP contribution < -0.4 is 10.6 Å². The minimum atomic E-state index is -0.782. The van der Waals surface area contributed by atoms with Gasteiger partial charge in [-0.2, -0.15) is 0 Å². The van der Waals surface area contributed by atoms with E-state index in [0.29, 0.717) is 19.5 Å². The van der Waals surface area contributed by atoms with Crippen molar-refractivity contribution in [2.45, 2.75) is 45.2 Å². The van der Waals surface area contributed by atoms with E-state index in [1.165, 1.54) is 0 Å². The van der Waals surface area contributed by atoms with Crippen molar-refractivity contribution in [1.29, 1.82) is 0 Å². The van der Waals surface area contributed by atoms with Gasteiger partial charge in [0.1, 0.15) is 0 Å². The first-order valence-corrected chi connectivity index (χ1v) is 6.10. The number of nitrogens with one attached hydrogen (secondary N) is 2. The molecule has 0 aromatic rings. The van der Waals surface area contributed by atoms with Gasteiger partial charge in [-0.3, -0.25) is 4.79 Å². The van der Waals surface area contributed by atoms with Gasteiger partial charge in [0.15, 0.2) is 0 Å². The highest BCUT2D eigenvalue weighted by molar-refractivity contribution is 5.68. The van der Waals surface area contributed by atoms with Gasteiger partial charge >= 0.3 is 5.97 Å².